The number of nitrogens with one attached hydrogen (secondary N) is 1. The summed E-state index contributed by atoms with van der Waals surface area (Å²) in [5.41, 5.74) is 2.70. The van der Waals surface area contributed by atoms with Gasteiger partial charge in [-0.3, -0.25) is 4.98 Å². The second-order valence-electron chi connectivity index (χ2n) is 3.48. The second-order valence-corrected chi connectivity index (χ2v) is 4.45. The monoisotopic (exact) mass is 249 g/mol. The molecule has 2 aromatic rings. The van der Waals surface area contributed by atoms with Crippen molar-refractivity contribution < 1.29 is 9.90 Å². The van der Waals surface area contributed by atoms with Gasteiger partial charge in [0.2, 0.25) is 0 Å². The largest absolute Gasteiger partial charge is 0.478 e. The predicted molar refractivity (Wildman–Crippen MR) is 65.4 cm³/mol. The van der Waals surface area contributed by atoms with E-state index in [0.29, 0.717) is 12.4 Å². The number of aromatic carboxylic acids is 1. The second kappa shape index (κ2) is 4.92. The summed E-state index contributed by atoms with van der Waals surface area (Å²) >= 11 is 1.51. The van der Waals surface area contributed by atoms with Crippen molar-refractivity contribution in [2.24, 2.45) is 0 Å². The zero-order chi connectivity index (χ0) is 12.3. The molecule has 2 N–H and O–H groups in total. The van der Waals surface area contributed by atoms with E-state index in [1.807, 2.05) is 6.92 Å². The van der Waals surface area contributed by atoms with Crippen LogP contribution >= 0.6 is 11.3 Å². The molecule has 0 bridgehead atoms. The molecule has 2 rings (SSSR count). The van der Waals surface area contributed by atoms with E-state index in [1.165, 1.54) is 11.3 Å². The van der Waals surface area contributed by atoms with Gasteiger partial charge in [-0.05, 0) is 19.1 Å². The normalized spacial score (nSPS) is 10.2. The number of aryl methyl sites for hydroxylation is 1. The fourth-order valence-electron chi connectivity index (χ4n) is 1.36. The highest BCUT2D eigenvalue weighted by molar-refractivity contribution is 7.09. The molecule has 2 aromatic heterocycles. The Labute approximate surface area is 102 Å². The van der Waals surface area contributed by atoms with Crippen LogP contribution in [-0.4, -0.2) is 21.0 Å². The zero-order valence-electron chi connectivity index (χ0n) is 9.17. The van der Waals surface area contributed by atoms with Crippen molar-refractivity contribution in [2.75, 3.05) is 5.32 Å². The van der Waals surface area contributed by atoms with Gasteiger partial charge in [-0.2, -0.15) is 0 Å². The van der Waals surface area contributed by atoms with Gasteiger partial charge in [-0.1, -0.05) is 0 Å². The third-order valence-corrected chi connectivity index (χ3v) is 2.96. The number of hydrogen-bond acceptors (Lipinski definition) is 5. The molecule has 5 nitrogen and oxygen atoms in total. The summed E-state index contributed by atoms with van der Waals surface area (Å²) in [6.45, 7) is 2.35. The molecule has 0 radical (unpaired) electrons. The summed E-state index contributed by atoms with van der Waals surface area (Å²) in [7, 11) is 0. The van der Waals surface area contributed by atoms with Crippen LogP contribution in [0.5, 0.6) is 0 Å². The van der Waals surface area contributed by atoms with E-state index in [9.17, 15) is 4.79 Å². The summed E-state index contributed by atoms with van der Waals surface area (Å²) < 4.78 is 0. The van der Waals surface area contributed by atoms with Gasteiger partial charge in [0, 0.05) is 16.8 Å². The molecule has 0 spiro atoms. The third-order valence-electron chi connectivity index (χ3n) is 2.18. The van der Waals surface area contributed by atoms with Crippen molar-refractivity contribution in [3.05, 3.63) is 40.0 Å². The van der Waals surface area contributed by atoms with E-state index in [4.69, 9.17) is 5.11 Å². The first-order chi connectivity index (χ1) is 8.16. The standard InChI is InChI=1S/C11H11N3O2S/c1-7-2-3-9(11(15)16)10(14-7)13-5-8-4-12-6-17-8/h2-4,6H,5H2,1H3,(H,13,14)(H,15,16). The van der Waals surface area contributed by atoms with Crippen LogP contribution in [0.25, 0.3) is 0 Å². The smallest absolute Gasteiger partial charge is 0.339 e. The first-order valence-corrected chi connectivity index (χ1v) is 5.87. The summed E-state index contributed by atoms with van der Waals surface area (Å²) in [6.07, 6.45) is 1.74. The minimum Gasteiger partial charge on any atom is -0.478 e. The van der Waals surface area contributed by atoms with Crippen LogP contribution in [0.15, 0.2) is 23.8 Å². The van der Waals surface area contributed by atoms with E-state index in [-0.39, 0.29) is 5.56 Å². The summed E-state index contributed by atoms with van der Waals surface area (Å²) in [6, 6.07) is 3.24. The molecule has 0 aliphatic heterocycles. The number of aromatic nitrogens is 2. The maximum Gasteiger partial charge on any atom is 0.339 e. The van der Waals surface area contributed by atoms with Crippen molar-refractivity contribution in [2.45, 2.75) is 13.5 Å². The fraction of sp³-hybridized carbons (Fsp3) is 0.182. The van der Waals surface area contributed by atoms with Gasteiger partial charge >= 0.3 is 5.97 Å². The number of carbonyl (C=O) groups is 1. The van der Waals surface area contributed by atoms with Crippen LogP contribution in [-0.2, 0) is 6.54 Å². The molecule has 0 saturated carbocycles. The number of rotatable bonds is 4. The number of nitrogens with zero attached hydrogens (tertiary/aromatic N) is 2. The van der Waals surface area contributed by atoms with Gasteiger partial charge < -0.3 is 10.4 Å². The first kappa shape index (κ1) is 11.5. The third kappa shape index (κ3) is 2.79. The maximum absolute atomic E-state index is 11.0. The molecule has 0 saturated heterocycles. The van der Waals surface area contributed by atoms with Gasteiger partial charge in [0.15, 0.2) is 0 Å². The highest BCUT2D eigenvalue weighted by Gasteiger charge is 2.11. The van der Waals surface area contributed by atoms with Crippen LogP contribution in [0.4, 0.5) is 5.82 Å². The molecular weight excluding hydrogens is 238 g/mol. The Morgan fingerprint density at radius 3 is 3.00 bits per heavy atom. The molecule has 6 heteroatoms. The minimum absolute atomic E-state index is 0.181. The molecule has 0 aliphatic carbocycles. The average molecular weight is 249 g/mol. The molecule has 2 heterocycles. The van der Waals surface area contributed by atoms with Crippen LogP contribution < -0.4 is 5.32 Å². The van der Waals surface area contributed by atoms with E-state index in [0.717, 1.165) is 10.6 Å². The van der Waals surface area contributed by atoms with Gasteiger partial charge in [-0.25, -0.2) is 9.78 Å². The SMILES string of the molecule is Cc1ccc(C(=O)O)c(NCc2cncs2)n1. The van der Waals surface area contributed by atoms with Crippen molar-refractivity contribution >= 4 is 23.1 Å². The number of carboxylic acid groups (broad SMARTS) is 1. The quantitative estimate of drug-likeness (QED) is 0.868. The van der Waals surface area contributed by atoms with Gasteiger partial charge in [-0.15, -0.1) is 11.3 Å². The fourth-order valence-corrected chi connectivity index (χ4v) is 1.90. The summed E-state index contributed by atoms with van der Waals surface area (Å²) in [4.78, 5) is 20.2. The Morgan fingerprint density at radius 2 is 2.35 bits per heavy atom. The molecule has 0 amide bonds. The van der Waals surface area contributed by atoms with E-state index >= 15 is 0 Å². The Hall–Kier alpha value is -1.95. The zero-order valence-corrected chi connectivity index (χ0v) is 9.99. The van der Waals surface area contributed by atoms with Crippen LogP contribution in [0.2, 0.25) is 0 Å². The summed E-state index contributed by atoms with van der Waals surface area (Å²) in [5, 5.41) is 12.0. The number of carboxylic acids is 1. The minimum atomic E-state index is -0.982. The van der Waals surface area contributed by atoms with Crippen molar-refractivity contribution in [1.29, 1.82) is 0 Å². The Kier molecular flexibility index (Phi) is 3.34. The first-order valence-electron chi connectivity index (χ1n) is 4.99. The van der Waals surface area contributed by atoms with Crippen molar-refractivity contribution in [3.8, 4) is 0 Å². The lowest BCUT2D eigenvalue weighted by molar-refractivity contribution is 0.0697. The van der Waals surface area contributed by atoms with Crippen molar-refractivity contribution in [3.63, 3.8) is 0 Å². The molecular formula is C11H11N3O2S. The van der Waals surface area contributed by atoms with Gasteiger partial charge in [0.1, 0.15) is 11.4 Å². The Balaban J connectivity index is 2.19. The molecule has 0 aliphatic rings. The molecule has 0 atom stereocenters. The topological polar surface area (TPSA) is 75.1 Å². The lowest BCUT2D eigenvalue weighted by Crippen LogP contribution is -2.08. The van der Waals surface area contributed by atoms with Crippen LogP contribution in [0.3, 0.4) is 0 Å². The number of anilines is 1. The van der Waals surface area contributed by atoms with Crippen LogP contribution in [0.1, 0.15) is 20.9 Å². The van der Waals surface area contributed by atoms with E-state index in [2.05, 4.69) is 15.3 Å². The lowest BCUT2D eigenvalue weighted by Gasteiger charge is -2.08. The summed E-state index contributed by atoms with van der Waals surface area (Å²) in [5.74, 6) is -0.588. The molecule has 88 valence electrons. The number of hydrogen-bond donors (Lipinski definition) is 2. The lowest BCUT2D eigenvalue weighted by atomic mass is 10.2. The highest BCUT2D eigenvalue weighted by atomic mass is 32.1. The molecule has 17 heavy (non-hydrogen) atoms. The van der Waals surface area contributed by atoms with E-state index in [1.54, 1.807) is 23.8 Å². The highest BCUT2D eigenvalue weighted by Crippen LogP contribution is 2.15. The predicted octanol–water partition coefficient (Wildman–Crippen LogP) is 2.16. The van der Waals surface area contributed by atoms with Gasteiger partial charge in [0.05, 0.1) is 12.1 Å². The molecule has 0 fully saturated rings. The van der Waals surface area contributed by atoms with Gasteiger partial charge in [0.25, 0.3) is 0 Å². The average Bonchev–Trinajstić information content (AvgIpc) is 2.78. The molecule has 0 unspecified atom stereocenters. The molecule has 0 aromatic carbocycles. The Bertz CT molecular complexity index is 526. The van der Waals surface area contributed by atoms with Crippen molar-refractivity contribution in [1.82, 2.24) is 9.97 Å². The number of thiazole rings is 1. The number of pyridine rings is 1. The van der Waals surface area contributed by atoms with Crippen LogP contribution in [0, 0.1) is 6.92 Å². The maximum atomic E-state index is 11.0. The Morgan fingerprint density at radius 1 is 1.53 bits per heavy atom. The van der Waals surface area contributed by atoms with E-state index < -0.39 is 5.97 Å².